The largest absolute Gasteiger partial charge is 0.507 e. The Labute approximate surface area is 147 Å². The maximum Gasteiger partial charge on any atom is 0.282 e. The average molecular weight is 386 g/mol. The molecule has 0 unspecified atom stereocenters. The SMILES string of the molecule is CCc1nc2ccccc2c(=O)n1/N=C\c1cc(Br)cc(C)c1O. The van der Waals surface area contributed by atoms with Gasteiger partial charge in [-0.3, -0.25) is 4.79 Å². The summed E-state index contributed by atoms with van der Waals surface area (Å²) in [6, 6.07) is 10.8. The van der Waals surface area contributed by atoms with Gasteiger partial charge in [-0.2, -0.15) is 9.78 Å². The van der Waals surface area contributed by atoms with E-state index in [1.807, 2.05) is 25.1 Å². The zero-order chi connectivity index (χ0) is 17.3. The standard InChI is InChI=1S/C18H16BrN3O2/c1-3-16-21-15-7-5-4-6-14(15)18(24)22(16)20-10-12-9-13(19)8-11(2)17(12)23/h4-10,23H,3H2,1-2H3/b20-10-. The first-order valence-electron chi connectivity index (χ1n) is 7.55. The van der Waals surface area contributed by atoms with Gasteiger partial charge in [0.25, 0.3) is 5.56 Å². The Morgan fingerprint density at radius 3 is 2.83 bits per heavy atom. The summed E-state index contributed by atoms with van der Waals surface area (Å²) < 4.78 is 2.12. The molecule has 3 aromatic rings. The number of aromatic hydroxyl groups is 1. The molecule has 1 aromatic heterocycles. The van der Waals surface area contributed by atoms with E-state index in [9.17, 15) is 9.90 Å². The summed E-state index contributed by atoms with van der Waals surface area (Å²) in [4.78, 5) is 17.2. The maximum atomic E-state index is 12.7. The van der Waals surface area contributed by atoms with Crippen LogP contribution in [-0.4, -0.2) is 21.0 Å². The fourth-order valence-electron chi connectivity index (χ4n) is 2.50. The van der Waals surface area contributed by atoms with Crippen molar-refractivity contribution in [3.05, 3.63) is 68.2 Å². The lowest BCUT2D eigenvalue weighted by Gasteiger charge is -2.08. The fraction of sp³-hybridized carbons (Fsp3) is 0.167. The lowest BCUT2D eigenvalue weighted by atomic mass is 10.1. The van der Waals surface area contributed by atoms with Crippen LogP contribution >= 0.6 is 15.9 Å². The van der Waals surface area contributed by atoms with Crippen LogP contribution in [0.1, 0.15) is 23.9 Å². The highest BCUT2D eigenvalue weighted by molar-refractivity contribution is 9.10. The quantitative estimate of drug-likeness (QED) is 0.700. The number of halogens is 1. The third-order valence-electron chi connectivity index (χ3n) is 3.74. The van der Waals surface area contributed by atoms with Crippen LogP contribution in [0, 0.1) is 6.92 Å². The van der Waals surface area contributed by atoms with Gasteiger partial charge in [-0.1, -0.05) is 35.0 Å². The molecule has 1 N–H and O–H groups in total. The molecule has 2 aromatic carbocycles. The molecule has 0 spiro atoms. The monoisotopic (exact) mass is 385 g/mol. The van der Waals surface area contributed by atoms with E-state index in [0.29, 0.717) is 28.7 Å². The van der Waals surface area contributed by atoms with Crippen LogP contribution in [0.4, 0.5) is 0 Å². The normalized spacial score (nSPS) is 11.5. The highest BCUT2D eigenvalue weighted by atomic mass is 79.9. The number of fused-ring (bicyclic) bond motifs is 1. The number of benzene rings is 2. The molecule has 0 amide bonds. The molecule has 0 bridgehead atoms. The molecule has 0 aliphatic rings. The summed E-state index contributed by atoms with van der Waals surface area (Å²) in [6.45, 7) is 3.72. The van der Waals surface area contributed by atoms with Crippen LogP contribution in [-0.2, 0) is 6.42 Å². The van der Waals surface area contributed by atoms with Crippen molar-refractivity contribution >= 4 is 33.0 Å². The first kappa shape index (κ1) is 16.4. The van der Waals surface area contributed by atoms with Crippen LogP contribution in [0.3, 0.4) is 0 Å². The molecular formula is C18H16BrN3O2. The van der Waals surface area contributed by atoms with E-state index in [2.05, 4.69) is 26.0 Å². The predicted octanol–water partition coefficient (Wildman–Crippen LogP) is 3.62. The molecule has 0 saturated carbocycles. The summed E-state index contributed by atoms with van der Waals surface area (Å²) >= 11 is 3.39. The summed E-state index contributed by atoms with van der Waals surface area (Å²) in [5, 5.41) is 14.9. The maximum absolute atomic E-state index is 12.7. The van der Waals surface area contributed by atoms with Gasteiger partial charge < -0.3 is 5.11 Å². The molecule has 0 aliphatic carbocycles. The van der Waals surface area contributed by atoms with E-state index < -0.39 is 0 Å². The summed E-state index contributed by atoms with van der Waals surface area (Å²) in [6.07, 6.45) is 2.05. The number of phenols is 1. The number of rotatable bonds is 3. The van der Waals surface area contributed by atoms with Crippen molar-refractivity contribution in [2.45, 2.75) is 20.3 Å². The van der Waals surface area contributed by atoms with E-state index in [4.69, 9.17) is 0 Å². The van der Waals surface area contributed by atoms with E-state index >= 15 is 0 Å². The van der Waals surface area contributed by atoms with Gasteiger partial charge in [-0.15, -0.1) is 0 Å². The zero-order valence-corrected chi connectivity index (χ0v) is 14.9. The van der Waals surface area contributed by atoms with Crippen molar-refractivity contribution in [1.29, 1.82) is 0 Å². The predicted molar refractivity (Wildman–Crippen MR) is 98.9 cm³/mol. The molecular weight excluding hydrogens is 370 g/mol. The van der Waals surface area contributed by atoms with E-state index in [1.54, 1.807) is 25.1 Å². The van der Waals surface area contributed by atoms with Crippen LogP contribution < -0.4 is 5.56 Å². The molecule has 0 atom stereocenters. The molecule has 122 valence electrons. The Balaban J connectivity index is 2.17. The van der Waals surface area contributed by atoms with Crippen molar-refractivity contribution in [1.82, 2.24) is 9.66 Å². The number of aryl methyl sites for hydroxylation is 2. The van der Waals surface area contributed by atoms with Gasteiger partial charge in [0.05, 0.1) is 17.1 Å². The molecule has 6 heteroatoms. The van der Waals surface area contributed by atoms with Gasteiger partial charge in [0.15, 0.2) is 0 Å². The van der Waals surface area contributed by atoms with E-state index in [1.165, 1.54) is 10.9 Å². The molecule has 24 heavy (non-hydrogen) atoms. The number of hydrogen-bond donors (Lipinski definition) is 1. The summed E-state index contributed by atoms with van der Waals surface area (Å²) in [5.41, 5.74) is 1.70. The van der Waals surface area contributed by atoms with Crippen molar-refractivity contribution in [3.63, 3.8) is 0 Å². The Kier molecular flexibility index (Phi) is 4.49. The molecule has 0 radical (unpaired) electrons. The minimum atomic E-state index is -0.222. The van der Waals surface area contributed by atoms with Crippen LogP contribution in [0.15, 0.2) is 50.8 Å². The fourth-order valence-corrected chi connectivity index (χ4v) is 3.09. The van der Waals surface area contributed by atoms with Crippen molar-refractivity contribution in [2.24, 2.45) is 5.10 Å². The van der Waals surface area contributed by atoms with Gasteiger partial charge in [0.2, 0.25) is 0 Å². The Morgan fingerprint density at radius 1 is 1.33 bits per heavy atom. The Morgan fingerprint density at radius 2 is 2.08 bits per heavy atom. The molecule has 5 nitrogen and oxygen atoms in total. The first-order valence-corrected chi connectivity index (χ1v) is 8.34. The zero-order valence-electron chi connectivity index (χ0n) is 13.3. The van der Waals surface area contributed by atoms with E-state index in [0.717, 1.165) is 10.0 Å². The lowest BCUT2D eigenvalue weighted by Crippen LogP contribution is -2.22. The summed E-state index contributed by atoms with van der Waals surface area (Å²) in [5.74, 6) is 0.711. The minimum absolute atomic E-state index is 0.141. The number of phenolic OH excluding ortho intramolecular Hbond substituents is 1. The topological polar surface area (TPSA) is 67.5 Å². The second kappa shape index (κ2) is 6.57. The molecule has 0 aliphatic heterocycles. The van der Waals surface area contributed by atoms with Crippen LogP contribution in [0.5, 0.6) is 5.75 Å². The van der Waals surface area contributed by atoms with Gasteiger partial charge in [0, 0.05) is 16.5 Å². The smallest absolute Gasteiger partial charge is 0.282 e. The highest BCUT2D eigenvalue weighted by Crippen LogP contribution is 2.25. The van der Waals surface area contributed by atoms with Crippen LogP contribution in [0.25, 0.3) is 10.9 Å². The van der Waals surface area contributed by atoms with Gasteiger partial charge in [0.1, 0.15) is 11.6 Å². The molecule has 0 saturated heterocycles. The number of nitrogens with zero attached hydrogens (tertiary/aromatic N) is 3. The van der Waals surface area contributed by atoms with Gasteiger partial charge in [-0.25, -0.2) is 4.98 Å². The molecule has 0 fully saturated rings. The number of hydrogen-bond acceptors (Lipinski definition) is 4. The minimum Gasteiger partial charge on any atom is -0.507 e. The van der Waals surface area contributed by atoms with Crippen molar-refractivity contribution < 1.29 is 5.11 Å². The molecule has 3 rings (SSSR count). The molecule has 1 heterocycles. The van der Waals surface area contributed by atoms with Crippen molar-refractivity contribution in [2.75, 3.05) is 0 Å². The number of aromatic nitrogens is 2. The van der Waals surface area contributed by atoms with Gasteiger partial charge in [-0.05, 0) is 36.8 Å². The number of para-hydroxylation sites is 1. The highest BCUT2D eigenvalue weighted by Gasteiger charge is 2.09. The Hall–Kier alpha value is -2.47. The van der Waals surface area contributed by atoms with Crippen molar-refractivity contribution in [3.8, 4) is 5.75 Å². The third-order valence-corrected chi connectivity index (χ3v) is 4.20. The van der Waals surface area contributed by atoms with E-state index in [-0.39, 0.29) is 11.3 Å². The second-order valence-electron chi connectivity index (χ2n) is 5.42. The summed E-state index contributed by atoms with van der Waals surface area (Å²) in [7, 11) is 0. The average Bonchev–Trinajstić information content (AvgIpc) is 2.57. The lowest BCUT2D eigenvalue weighted by molar-refractivity contribution is 0.470. The second-order valence-corrected chi connectivity index (χ2v) is 6.34. The third kappa shape index (κ3) is 2.97. The van der Waals surface area contributed by atoms with Gasteiger partial charge >= 0.3 is 0 Å². The Bertz CT molecular complexity index is 1010. The van der Waals surface area contributed by atoms with Crippen LogP contribution in [0.2, 0.25) is 0 Å². The first-order chi connectivity index (χ1) is 11.5.